The minimum Gasteiger partial charge on any atom is -0.504 e. The monoisotopic (exact) mass is 269 g/mol. The van der Waals surface area contributed by atoms with Crippen molar-refractivity contribution in [2.24, 2.45) is 5.92 Å². The van der Waals surface area contributed by atoms with E-state index in [2.05, 4.69) is 4.90 Å². The van der Waals surface area contributed by atoms with E-state index in [0.29, 0.717) is 6.04 Å². The summed E-state index contributed by atoms with van der Waals surface area (Å²) in [6.07, 6.45) is 5.00. The second-order valence-corrected chi connectivity index (χ2v) is 5.40. The second kappa shape index (κ2) is 5.37. The molecule has 3 aliphatic heterocycles. The van der Waals surface area contributed by atoms with Crippen LogP contribution in [0.3, 0.4) is 0 Å². The summed E-state index contributed by atoms with van der Waals surface area (Å²) in [5.74, 6) is 0.883. The summed E-state index contributed by atoms with van der Waals surface area (Å²) in [4.78, 5) is 2.57. The van der Waals surface area contributed by atoms with E-state index in [-0.39, 0.29) is 23.9 Å². The van der Waals surface area contributed by atoms with Gasteiger partial charge < -0.3 is 15.1 Å². The summed E-state index contributed by atoms with van der Waals surface area (Å²) in [6.45, 7) is 2.47. The minimum absolute atomic E-state index is 0. The summed E-state index contributed by atoms with van der Waals surface area (Å²) in [5.41, 5.74) is 1.12. The number of aromatic hydroxyl groups is 2. The highest BCUT2D eigenvalue weighted by Gasteiger charge is 2.33. The average molecular weight is 270 g/mol. The topological polar surface area (TPSA) is 43.7 Å². The lowest BCUT2D eigenvalue weighted by atomic mass is 9.81. The van der Waals surface area contributed by atoms with Gasteiger partial charge in [0.05, 0.1) is 0 Å². The van der Waals surface area contributed by atoms with Crippen LogP contribution in [0.15, 0.2) is 18.2 Å². The molecule has 3 fully saturated rings. The van der Waals surface area contributed by atoms with E-state index in [1.54, 1.807) is 12.1 Å². The van der Waals surface area contributed by atoms with Gasteiger partial charge in [0.15, 0.2) is 11.5 Å². The maximum absolute atomic E-state index is 9.50. The number of hydrogen-bond donors (Lipinski definition) is 2. The van der Waals surface area contributed by atoms with Gasteiger partial charge in [-0.3, -0.25) is 0 Å². The minimum atomic E-state index is -0.0285. The van der Waals surface area contributed by atoms with Crippen molar-refractivity contribution in [3.05, 3.63) is 23.8 Å². The van der Waals surface area contributed by atoms with E-state index in [4.69, 9.17) is 0 Å². The Balaban J connectivity index is 0.00000120. The molecule has 0 radical (unpaired) electrons. The number of piperidine rings is 3. The molecule has 2 N–H and O–H groups in total. The van der Waals surface area contributed by atoms with Gasteiger partial charge in [-0.05, 0) is 62.4 Å². The largest absolute Gasteiger partial charge is 0.504 e. The van der Waals surface area contributed by atoms with Crippen molar-refractivity contribution in [2.75, 3.05) is 13.1 Å². The highest BCUT2D eigenvalue weighted by atomic mass is 35.5. The van der Waals surface area contributed by atoms with E-state index < -0.39 is 0 Å². The van der Waals surface area contributed by atoms with E-state index in [1.807, 2.05) is 6.07 Å². The van der Waals surface area contributed by atoms with Crippen molar-refractivity contribution >= 4 is 12.4 Å². The predicted octanol–water partition coefficient (Wildman–Crippen LogP) is 2.55. The zero-order valence-corrected chi connectivity index (χ0v) is 11.2. The molecule has 4 rings (SSSR count). The van der Waals surface area contributed by atoms with Crippen LogP contribution in [-0.2, 0) is 6.42 Å². The number of nitrogens with zero attached hydrogens (tertiary/aromatic N) is 1. The molecular weight excluding hydrogens is 250 g/mol. The standard InChI is InChI=1S/C14H19NO2.ClH/c16-13-2-1-11(9-14(13)17)8-12-7-10-3-5-15(12)6-4-10;/h1-2,9-10,12,16-17H,3-8H2;1H. The Labute approximate surface area is 114 Å². The number of fused-ring (bicyclic) bond motifs is 3. The number of halogens is 1. The van der Waals surface area contributed by atoms with Gasteiger partial charge in [0.1, 0.15) is 0 Å². The molecule has 3 saturated heterocycles. The molecule has 4 heteroatoms. The van der Waals surface area contributed by atoms with E-state index in [0.717, 1.165) is 17.9 Å². The van der Waals surface area contributed by atoms with Crippen LogP contribution in [0.25, 0.3) is 0 Å². The van der Waals surface area contributed by atoms with E-state index >= 15 is 0 Å². The Kier molecular flexibility index (Phi) is 4.03. The third-order valence-electron chi connectivity index (χ3n) is 4.28. The molecule has 0 amide bonds. The van der Waals surface area contributed by atoms with Gasteiger partial charge in [0.2, 0.25) is 0 Å². The highest BCUT2D eigenvalue weighted by molar-refractivity contribution is 5.85. The first-order chi connectivity index (χ1) is 8.22. The Bertz CT molecular complexity index is 416. The van der Waals surface area contributed by atoms with Crippen LogP contribution in [0.2, 0.25) is 0 Å². The first kappa shape index (κ1) is 13.5. The maximum atomic E-state index is 9.50. The molecule has 2 bridgehead atoms. The number of phenols is 2. The average Bonchev–Trinajstić information content (AvgIpc) is 2.35. The molecule has 1 unspecified atom stereocenters. The van der Waals surface area contributed by atoms with Gasteiger partial charge >= 0.3 is 0 Å². The van der Waals surface area contributed by atoms with Crippen LogP contribution in [0.4, 0.5) is 0 Å². The van der Waals surface area contributed by atoms with Gasteiger partial charge in [0.25, 0.3) is 0 Å². The molecule has 1 aromatic rings. The molecule has 3 aliphatic rings. The zero-order valence-electron chi connectivity index (χ0n) is 10.4. The van der Waals surface area contributed by atoms with Gasteiger partial charge in [-0.2, -0.15) is 0 Å². The molecule has 3 heterocycles. The lowest BCUT2D eigenvalue weighted by molar-refractivity contribution is 0.0498. The smallest absolute Gasteiger partial charge is 0.157 e. The SMILES string of the molecule is Cl.Oc1ccc(CC2CC3CCN2CC3)cc1O. The Morgan fingerprint density at radius 2 is 1.83 bits per heavy atom. The van der Waals surface area contributed by atoms with Crippen molar-refractivity contribution < 1.29 is 10.2 Å². The molecule has 18 heavy (non-hydrogen) atoms. The lowest BCUT2D eigenvalue weighted by Gasteiger charge is -2.45. The summed E-state index contributed by atoms with van der Waals surface area (Å²) >= 11 is 0. The molecule has 1 atom stereocenters. The Morgan fingerprint density at radius 1 is 1.11 bits per heavy atom. The van der Waals surface area contributed by atoms with Gasteiger partial charge in [-0.15, -0.1) is 12.4 Å². The third kappa shape index (κ3) is 2.57. The molecule has 0 saturated carbocycles. The van der Waals surface area contributed by atoms with Crippen LogP contribution < -0.4 is 0 Å². The molecular formula is C14H20ClNO2. The normalized spacial score (nSPS) is 29.9. The van der Waals surface area contributed by atoms with Gasteiger partial charge in [-0.1, -0.05) is 6.07 Å². The summed E-state index contributed by atoms with van der Waals surface area (Å²) in [7, 11) is 0. The van der Waals surface area contributed by atoms with Gasteiger partial charge in [-0.25, -0.2) is 0 Å². The van der Waals surface area contributed by atoms with Crippen LogP contribution in [0.5, 0.6) is 11.5 Å². The Morgan fingerprint density at radius 3 is 2.39 bits per heavy atom. The van der Waals surface area contributed by atoms with Gasteiger partial charge in [0, 0.05) is 6.04 Å². The summed E-state index contributed by atoms with van der Waals surface area (Å²) in [5, 5.41) is 18.8. The van der Waals surface area contributed by atoms with Crippen LogP contribution in [0, 0.1) is 5.92 Å². The van der Waals surface area contributed by atoms with Crippen molar-refractivity contribution in [3.63, 3.8) is 0 Å². The molecule has 0 aliphatic carbocycles. The molecule has 1 aromatic carbocycles. The summed E-state index contributed by atoms with van der Waals surface area (Å²) < 4.78 is 0. The molecule has 0 spiro atoms. The first-order valence-corrected chi connectivity index (χ1v) is 6.47. The first-order valence-electron chi connectivity index (χ1n) is 6.47. The second-order valence-electron chi connectivity index (χ2n) is 5.40. The number of benzene rings is 1. The quantitative estimate of drug-likeness (QED) is 0.811. The molecule has 100 valence electrons. The van der Waals surface area contributed by atoms with E-state index in [9.17, 15) is 10.2 Å². The van der Waals surface area contributed by atoms with Crippen LogP contribution >= 0.6 is 12.4 Å². The fourth-order valence-electron chi connectivity index (χ4n) is 3.27. The summed E-state index contributed by atoms with van der Waals surface area (Å²) in [6, 6.07) is 5.82. The predicted molar refractivity (Wildman–Crippen MR) is 73.4 cm³/mol. The number of phenolic OH excluding ortho intramolecular Hbond substituents is 2. The number of hydrogen-bond acceptors (Lipinski definition) is 3. The fourth-order valence-corrected chi connectivity index (χ4v) is 3.27. The van der Waals surface area contributed by atoms with Crippen molar-refractivity contribution in [1.82, 2.24) is 4.90 Å². The van der Waals surface area contributed by atoms with Crippen LogP contribution in [0.1, 0.15) is 24.8 Å². The zero-order chi connectivity index (χ0) is 11.8. The van der Waals surface area contributed by atoms with Crippen molar-refractivity contribution in [3.8, 4) is 11.5 Å². The fraction of sp³-hybridized carbons (Fsp3) is 0.571. The van der Waals surface area contributed by atoms with E-state index in [1.165, 1.54) is 32.4 Å². The van der Waals surface area contributed by atoms with Crippen molar-refractivity contribution in [1.29, 1.82) is 0 Å². The number of rotatable bonds is 2. The maximum Gasteiger partial charge on any atom is 0.157 e. The van der Waals surface area contributed by atoms with Crippen molar-refractivity contribution in [2.45, 2.75) is 31.7 Å². The molecule has 0 aromatic heterocycles. The third-order valence-corrected chi connectivity index (χ3v) is 4.28. The highest BCUT2D eigenvalue weighted by Crippen LogP contribution is 2.34. The van der Waals surface area contributed by atoms with Crippen LogP contribution in [-0.4, -0.2) is 34.2 Å². The lowest BCUT2D eigenvalue weighted by Crippen LogP contribution is -2.49. The molecule has 3 nitrogen and oxygen atoms in total. The Hall–Kier alpha value is -0.930.